The first-order valence-electron chi connectivity index (χ1n) is 7.61. The predicted octanol–water partition coefficient (Wildman–Crippen LogP) is 1.54. The molecule has 0 bridgehead atoms. The average Bonchev–Trinajstić information content (AvgIpc) is 2.50. The van der Waals surface area contributed by atoms with E-state index >= 15 is 0 Å². The Kier molecular flexibility index (Phi) is 10.5. The van der Waals surface area contributed by atoms with Gasteiger partial charge in [0.15, 0.2) is 0 Å². The lowest BCUT2D eigenvalue weighted by molar-refractivity contribution is 0.577. The zero-order valence-electron chi connectivity index (χ0n) is 13.9. The molecule has 0 unspecified atom stereocenters. The summed E-state index contributed by atoms with van der Waals surface area (Å²) in [5.41, 5.74) is 0.354. The first-order chi connectivity index (χ1) is 10.8. The average molecular weight is 400 g/mol. The van der Waals surface area contributed by atoms with E-state index < -0.39 is 20.0 Å². The van der Waals surface area contributed by atoms with Crippen LogP contribution in [0.1, 0.15) is 26.7 Å². The quantitative estimate of drug-likeness (QED) is 0.489. The summed E-state index contributed by atoms with van der Waals surface area (Å²) in [6.07, 6.45) is 1.37. The van der Waals surface area contributed by atoms with Gasteiger partial charge in [-0.15, -0.1) is 12.4 Å². The predicted molar refractivity (Wildman–Crippen MR) is 99.7 cm³/mol. The number of benzene rings is 1. The van der Waals surface area contributed by atoms with Gasteiger partial charge < -0.3 is 5.32 Å². The van der Waals surface area contributed by atoms with Gasteiger partial charge in [-0.3, -0.25) is 4.72 Å². The molecule has 10 heteroatoms. The number of nitrogens with one attached hydrogen (secondary N) is 3. The Labute approximate surface area is 151 Å². The van der Waals surface area contributed by atoms with Crippen LogP contribution in [0.15, 0.2) is 29.2 Å². The molecule has 0 fully saturated rings. The summed E-state index contributed by atoms with van der Waals surface area (Å²) in [6.45, 7) is 5.47. The summed E-state index contributed by atoms with van der Waals surface area (Å²) in [5, 5.41) is 3.02. The van der Waals surface area contributed by atoms with Crippen molar-refractivity contribution in [3.63, 3.8) is 0 Å². The highest BCUT2D eigenvalue weighted by molar-refractivity contribution is 7.92. The topological polar surface area (TPSA) is 104 Å². The minimum absolute atomic E-state index is 0. The number of sulfonamides is 2. The molecular weight excluding hydrogens is 374 g/mol. The Morgan fingerprint density at radius 2 is 1.58 bits per heavy atom. The second-order valence-corrected chi connectivity index (χ2v) is 8.66. The molecule has 0 spiro atoms. The summed E-state index contributed by atoms with van der Waals surface area (Å²) in [7, 11) is -6.97. The van der Waals surface area contributed by atoms with Crippen LogP contribution in [-0.2, 0) is 20.0 Å². The van der Waals surface area contributed by atoms with Crippen LogP contribution in [0.2, 0.25) is 0 Å². The molecule has 1 aromatic carbocycles. The fraction of sp³-hybridized carbons (Fsp3) is 0.571. The molecule has 0 aliphatic heterocycles. The molecule has 0 atom stereocenters. The van der Waals surface area contributed by atoms with Crippen molar-refractivity contribution >= 4 is 38.1 Å². The summed E-state index contributed by atoms with van der Waals surface area (Å²) in [6, 6.07) is 5.66. The van der Waals surface area contributed by atoms with Crippen LogP contribution in [0.4, 0.5) is 5.69 Å². The van der Waals surface area contributed by atoms with E-state index in [1.807, 2.05) is 13.8 Å². The van der Waals surface area contributed by atoms with Crippen LogP contribution in [-0.4, -0.2) is 42.2 Å². The lowest BCUT2D eigenvalue weighted by atomic mass is 10.3. The number of unbranched alkanes of at least 4 members (excludes halogenated alkanes) is 1. The maximum atomic E-state index is 12.1. The minimum Gasteiger partial charge on any atom is -0.316 e. The largest absolute Gasteiger partial charge is 0.316 e. The molecule has 0 aliphatic rings. The van der Waals surface area contributed by atoms with Gasteiger partial charge in [-0.05, 0) is 37.2 Å². The van der Waals surface area contributed by atoms with E-state index in [2.05, 4.69) is 14.8 Å². The highest BCUT2D eigenvalue weighted by Crippen LogP contribution is 2.15. The SMILES string of the molecule is CCCCS(=O)(=O)Nc1ccc(S(=O)(=O)NCCNCC)cc1.Cl. The highest BCUT2D eigenvalue weighted by atomic mass is 35.5. The van der Waals surface area contributed by atoms with Gasteiger partial charge in [0.2, 0.25) is 20.0 Å². The third kappa shape index (κ3) is 8.29. The van der Waals surface area contributed by atoms with Crippen LogP contribution in [0.3, 0.4) is 0 Å². The van der Waals surface area contributed by atoms with Crippen molar-refractivity contribution in [2.45, 2.75) is 31.6 Å². The molecule has 3 N–H and O–H groups in total. The van der Waals surface area contributed by atoms with E-state index in [0.29, 0.717) is 25.2 Å². The Balaban J connectivity index is 0.00000529. The first-order valence-corrected chi connectivity index (χ1v) is 10.7. The molecule has 0 saturated heterocycles. The lowest BCUT2D eigenvalue weighted by Gasteiger charge is -2.10. The summed E-state index contributed by atoms with van der Waals surface area (Å²) < 4.78 is 52.6. The van der Waals surface area contributed by atoms with E-state index in [9.17, 15) is 16.8 Å². The van der Waals surface area contributed by atoms with Crippen molar-refractivity contribution in [2.24, 2.45) is 0 Å². The summed E-state index contributed by atoms with van der Waals surface area (Å²) in [5.74, 6) is 0.0511. The van der Waals surface area contributed by atoms with Gasteiger partial charge in [-0.2, -0.15) is 0 Å². The monoisotopic (exact) mass is 399 g/mol. The van der Waals surface area contributed by atoms with Crippen LogP contribution in [0.25, 0.3) is 0 Å². The van der Waals surface area contributed by atoms with Gasteiger partial charge in [-0.1, -0.05) is 20.3 Å². The van der Waals surface area contributed by atoms with Gasteiger partial charge in [0.05, 0.1) is 10.6 Å². The first kappa shape index (κ1) is 23.1. The molecule has 140 valence electrons. The van der Waals surface area contributed by atoms with Crippen molar-refractivity contribution < 1.29 is 16.8 Å². The van der Waals surface area contributed by atoms with E-state index in [1.54, 1.807) is 0 Å². The zero-order chi connectivity index (χ0) is 17.3. The van der Waals surface area contributed by atoms with Crippen molar-refractivity contribution in [1.29, 1.82) is 0 Å². The van der Waals surface area contributed by atoms with Crippen LogP contribution < -0.4 is 14.8 Å². The van der Waals surface area contributed by atoms with Crippen LogP contribution >= 0.6 is 12.4 Å². The third-order valence-corrected chi connectivity index (χ3v) is 5.90. The minimum atomic E-state index is -3.58. The smallest absolute Gasteiger partial charge is 0.240 e. The molecule has 0 amide bonds. The number of anilines is 1. The van der Waals surface area contributed by atoms with E-state index in [0.717, 1.165) is 13.0 Å². The molecule has 0 saturated carbocycles. The van der Waals surface area contributed by atoms with Crippen molar-refractivity contribution in [2.75, 3.05) is 30.1 Å². The van der Waals surface area contributed by atoms with E-state index in [1.165, 1.54) is 24.3 Å². The Hall–Kier alpha value is -0.870. The Morgan fingerprint density at radius 1 is 0.958 bits per heavy atom. The summed E-state index contributed by atoms with van der Waals surface area (Å²) in [4.78, 5) is 0.102. The molecule has 1 rings (SSSR count). The maximum absolute atomic E-state index is 12.1. The second kappa shape index (κ2) is 10.9. The van der Waals surface area contributed by atoms with Crippen molar-refractivity contribution in [1.82, 2.24) is 10.0 Å². The second-order valence-electron chi connectivity index (χ2n) is 5.05. The molecule has 0 aromatic heterocycles. The summed E-state index contributed by atoms with van der Waals surface area (Å²) >= 11 is 0. The number of hydrogen-bond donors (Lipinski definition) is 3. The Bertz CT molecular complexity index is 676. The molecule has 7 nitrogen and oxygen atoms in total. The van der Waals surface area contributed by atoms with Gasteiger partial charge >= 0.3 is 0 Å². The van der Waals surface area contributed by atoms with Gasteiger partial charge in [0.25, 0.3) is 0 Å². The highest BCUT2D eigenvalue weighted by Gasteiger charge is 2.14. The molecule has 0 heterocycles. The number of likely N-dealkylation sites (N-methyl/N-ethyl adjacent to an activating group) is 1. The van der Waals surface area contributed by atoms with Crippen LogP contribution in [0.5, 0.6) is 0 Å². The molecular formula is C14H26ClN3O4S2. The maximum Gasteiger partial charge on any atom is 0.240 e. The molecule has 1 aromatic rings. The fourth-order valence-electron chi connectivity index (χ4n) is 1.80. The standard InChI is InChI=1S/C14H25N3O4S2.ClH/c1-3-5-12-22(18,19)17-13-6-8-14(9-7-13)23(20,21)16-11-10-15-4-2;/h6-9,15-17H,3-5,10-12H2,1-2H3;1H. The van der Waals surface area contributed by atoms with Crippen molar-refractivity contribution in [3.8, 4) is 0 Å². The Morgan fingerprint density at radius 3 is 2.12 bits per heavy atom. The van der Waals surface area contributed by atoms with Gasteiger partial charge in [0.1, 0.15) is 0 Å². The molecule has 24 heavy (non-hydrogen) atoms. The van der Waals surface area contributed by atoms with E-state index in [-0.39, 0.29) is 23.1 Å². The number of rotatable bonds is 11. The lowest BCUT2D eigenvalue weighted by Crippen LogP contribution is -2.31. The molecule has 0 radical (unpaired) electrons. The van der Waals surface area contributed by atoms with Gasteiger partial charge in [-0.25, -0.2) is 21.6 Å². The molecule has 0 aliphatic carbocycles. The normalized spacial score (nSPS) is 11.8. The van der Waals surface area contributed by atoms with Gasteiger partial charge in [0, 0.05) is 18.8 Å². The third-order valence-electron chi connectivity index (χ3n) is 3.05. The number of halogens is 1. The van der Waals surface area contributed by atoms with Crippen LogP contribution in [0, 0.1) is 0 Å². The van der Waals surface area contributed by atoms with E-state index in [4.69, 9.17) is 0 Å². The fourth-order valence-corrected chi connectivity index (χ4v) is 4.10. The van der Waals surface area contributed by atoms with Crippen molar-refractivity contribution in [3.05, 3.63) is 24.3 Å². The zero-order valence-corrected chi connectivity index (χ0v) is 16.4. The number of hydrogen-bond acceptors (Lipinski definition) is 5.